The monoisotopic (exact) mass is 239 g/mol. The minimum Gasteiger partial charge on any atom is -0.313 e. The van der Waals surface area contributed by atoms with Crippen molar-refractivity contribution in [3.8, 4) is 0 Å². The number of allylic oxidation sites excluding steroid dienone is 2. The number of hydrogen-bond donors (Lipinski definition) is 1. The average Bonchev–Trinajstić information content (AvgIpc) is 1.78. The molecular weight excluding hydrogens is 232 g/mol. The summed E-state index contributed by atoms with van der Waals surface area (Å²) in [6.07, 6.45) is 5.14. The topological polar surface area (TPSA) is 26.0 Å². The lowest BCUT2D eigenvalue weighted by Gasteiger charge is -2.17. The van der Waals surface area contributed by atoms with Crippen LogP contribution in [0, 0.1) is 0 Å². The summed E-state index contributed by atoms with van der Waals surface area (Å²) < 4.78 is 11.9. The fourth-order valence-corrected chi connectivity index (χ4v) is 1.01. The van der Waals surface area contributed by atoms with Gasteiger partial charge in [-0.3, -0.25) is 0 Å². The summed E-state index contributed by atoms with van der Waals surface area (Å²) in [5, 5.41) is 0. The van der Waals surface area contributed by atoms with Gasteiger partial charge in [0.15, 0.2) is 0 Å². The van der Waals surface area contributed by atoms with E-state index in [9.17, 15) is 4.39 Å². The van der Waals surface area contributed by atoms with Crippen molar-refractivity contribution in [1.29, 1.82) is 0 Å². The Kier molecular flexibility index (Phi) is 1.91. The fraction of sp³-hybridized carbons (Fsp3) is 0.333. The highest BCUT2D eigenvalue weighted by atomic mass is 127. The van der Waals surface area contributed by atoms with E-state index in [2.05, 4.69) is 22.6 Å². The third-order valence-electron chi connectivity index (χ3n) is 1.13. The van der Waals surface area contributed by atoms with Crippen molar-refractivity contribution >= 4 is 22.6 Å². The van der Waals surface area contributed by atoms with Crippen LogP contribution >= 0.6 is 22.6 Å². The predicted molar refractivity (Wildman–Crippen MR) is 43.9 cm³/mol. The predicted octanol–water partition coefficient (Wildman–Crippen LogP) is 1.89. The maximum atomic E-state index is 12.2. The zero-order valence-corrected chi connectivity index (χ0v) is 6.93. The van der Waals surface area contributed by atoms with Crippen LogP contribution in [0.4, 0.5) is 4.39 Å². The molecule has 1 rings (SSSR count). The number of rotatable bonds is 0. The molecule has 1 aliphatic carbocycles. The SMILES string of the molecule is N[C@@]1(I)C=CC(F)=CC1. The van der Waals surface area contributed by atoms with E-state index in [1.54, 1.807) is 6.08 Å². The van der Waals surface area contributed by atoms with Gasteiger partial charge in [0.2, 0.25) is 0 Å². The highest BCUT2D eigenvalue weighted by molar-refractivity contribution is 14.1. The lowest BCUT2D eigenvalue weighted by molar-refractivity contribution is 0.637. The molecule has 0 unspecified atom stereocenters. The van der Waals surface area contributed by atoms with E-state index in [0.29, 0.717) is 6.42 Å². The molecule has 0 bridgehead atoms. The van der Waals surface area contributed by atoms with Crippen LogP contribution in [0.5, 0.6) is 0 Å². The molecule has 0 amide bonds. The molecule has 1 atom stereocenters. The van der Waals surface area contributed by atoms with E-state index in [0.717, 1.165) is 0 Å². The Morgan fingerprint density at radius 1 is 1.78 bits per heavy atom. The zero-order valence-electron chi connectivity index (χ0n) is 4.77. The standard InChI is InChI=1S/C6H7FIN/c7-5-1-3-6(8,9)4-2-5/h1-3H,4,9H2/t6-/m0/s1. The summed E-state index contributed by atoms with van der Waals surface area (Å²) in [5.41, 5.74) is 5.63. The molecule has 0 fully saturated rings. The largest absolute Gasteiger partial charge is 0.313 e. The summed E-state index contributed by atoms with van der Waals surface area (Å²) in [6.45, 7) is 0. The molecule has 50 valence electrons. The Morgan fingerprint density at radius 2 is 2.44 bits per heavy atom. The molecule has 0 aromatic rings. The van der Waals surface area contributed by atoms with Gasteiger partial charge in [0.1, 0.15) is 5.83 Å². The van der Waals surface area contributed by atoms with Gasteiger partial charge in [-0.05, 0) is 18.6 Å². The van der Waals surface area contributed by atoms with E-state index in [-0.39, 0.29) is 9.37 Å². The zero-order chi connectivity index (χ0) is 6.91. The molecule has 0 saturated carbocycles. The van der Waals surface area contributed by atoms with E-state index in [1.807, 2.05) is 0 Å². The number of hydrogen-bond acceptors (Lipinski definition) is 1. The van der Waals surface area contributed by atoms with Gasteiger partial charge in [0.25, 0.3) is 0 Å². The molecule has 0 radical (unpaired) electrons. The Labute approximate surface area is 66.9 Å². The van der Waals surface area contributed by atoms with Crippen molar-refractivity contribution in [3.05, 3.63) is 24.1 Å². The normalized spacial score (nSPS) is 34.3. The molecule has 9 heavy (non-hydrogen) atoms. The molecule has 0 spiro atoms. The lowest BCUT2D eigenvalue weighted by Crippen LogP contribution is -2.29. The molecule has 0 heterocycles. The van der Waals surface area contributed by atoms with E-state index in [4.69, 9.17) is 5.73 Å². The highest BCUT2D eigenvalue weighted by Gasteiger charge is 2.17. The highest BCUT2D eigenvalue weighted by Crippen LogP contribution is 2.24. The lowest BCUT2D eigenvalue weighted by atomic mass is 10.1. The minimum absolute atomic E-state index is 0.187. The maximum Gasteiger partial charge on any atom is 0.119 e. The van der Waals surface area contributed by atoms with Crippen LogP contribution < -0.4 is 5.73 Å². The van der Waals surface area contributed by atoms with Crippen LogP contribution in [-0.4, -0.2) is 3.55 Å². The second kappa shape index (κ2) is 2.38. The molecule has 0 aromatic carbocycles. The third kappa shape index (κ3) is 2.06. The number of nitrogens with two attached hydrogens (primary N) is 1. The first-order valence-corrected chi connectivity index (χ1v) is 3.71. The second-order valence-electron chi connectivity index (χ2n) is 2.05. The van der Waals surface area contributed by atoms with Gasteiger partial charge >= 0.3 is 0 Å². The smallest absolute Gasteiger partial charge is 0.119 e. The molecule has 3 heteroatoms. The number of halogens is 2. The van der Waals surface area contributed by atoms with Crippen molar-refractivity contribution in [2.45, 2.75) is 9.97 Å². The van der Waals surface area contributed by atoms with Crippen LogP contribution in [0.2, 0.25) is 0 Å². The molecule has 0 aromatic heterocycles. The van der Waals surface area contributed by atoms with Gasteiger partial charge in [0, 0.05) is 0 Å². The van der Waals surface area contributed by atoms with Crippen LogP contribution in [0.3, 0.4) is 0 Å². The van der Waals surface area contributed by atoms with Crippen molar-refractivity contribution < 1.29 is 4.39 Å². The Hall–Kier alpha value is 0.1000. The summed E-state index contributed by atoms with van der Waals surface area (Å²) >= 11 is 2.08. The Morgan fingerprint density at radius 3 is 2.78 bits per heavy atom. The fourth-order valence-electron chi connectivity index (χ4n) is 0.608. The Balaban J connectivity index is 2.70. The first-order valence-electron chi connectivity index (χ1n) is 2.63. The van der Waals surface area contributed by atoms with Gasteiger partial charge in [-0.25, -0.2) is 4.39 Å². The molecule has 2 N–H and O–H groups in total. The van der Waals surface area contributed by atoms with Crippen molar-refractivity contribution in [3.63, 3.8) is 0 Å². The van der Waals surface area contributed by atoms with E-state index >= 15 is 0 Å². The summed E-state index contributed by atoms with van der Waals surface area (Å²) in [6, 6.07) is 0. The van der Waals surface area contributed by atoms with E-state index in [1.165, 1.54) is 12.2 Å². The van der Waals surface area contributed by atoms with Gasteiger partial charge in [0.05, 0.1) is 3.55 Å². The maximum absolute atomic E-state index is 12.2. The first-order chi connectivity index (χ1) is 4.10. The number of alkyl halides is 1. The summed E-state index contributed by atoms with van der Waals surface area (Å²) in [4.78, 5) is 0. The van der Waals surface area contributed by atoms with Crippen LogP contribution in [-0.2, 0) is 0 Å². The summed E-state index contributed by atoms with van der Waals surface area (Å²) in [5.74, 6) is -0.187. The second-order valence-corrected chi connectivity index (χ2v) is 4.06. The quantitative estimate of drug-likeness (QED) is 0.390. The van der Waals surface area contributed by atoms with Gasteiger partial charge in [-0.2, -0.15) is 0 Å². The van der Waals surface area contributed by atoms with Crippen molar-refractivity contribution in [2.24, 2.45) is 5.73 Å². The van der Waals surface area contributed by atoms with Gasteiger partial charge in [-0.15, -0.1) is 0 Å². The summed E-state index contributed by atoms with van der Waals surface area (Å²) in [7, 11) is 0. The van der Waals surface area contributed by atoms with Gasteiger partial charge in [-0.1, -0.05) is 28.7 Å². The van der Waals surface area contributed by atoms with E-state index < -0.39 is 0 Å². The van der Waals surface area contributed by atoms with Gasteiger partial charge < -0.3 is 5.73 Å². The molecule has 0 saturated heterocycles. The third-order valence-corrected chi connectivity index (χ3v) is 1.93. The average molecular weight is 239 g/mol. The van der Waals surface area contributed by atoms with Crippen LogP contribution in [0.25, 0.3) is 0 Å². The minimum atomic E-state index is -0.368. The molecule has 1 nitrogen and oxygen atoms in total. The first kappa shape index (κ1) is 7.21. The molecule has 1 aliphatic rings. The van der Waals surface area contributed by atoms with Crippen molar-refractivity contribution in [1.82, 2.24) is 0 Å². The van der Waals surface area contributed by atoms with Crippen LogP contribution in [0.15, 0.2) is 24.1 Å². The van der Waals surface area contributed by atoms with Crippen LogP contribution in [0.1, 0.15) is 6.42 Å². The molecular formula is C6H7FIN. The molecule has 0 aliphatic heterocycles. The van der Waals surface area contributed by atoms with Crippen molar-refractivity contribution in [2.75, 3.05) is 0 Å². The Bertz CT molecular complexity index is 172.